The summed E-state index contributed by atoms with van der Waals surface area (Å²) < 4.78 is 0.778. The maximum Gasteiger partial charge on any atom is 0.236 e. The van der Waals surface area contributed by atoms with Crippen molar-refractivity contribution >= 4 is 57.5 Å². The molecule has 9 heteroatoms. The number of benzene rings is 2. The van der Waals surface area contributed by atoms with Crippen LogP contribution in [0.4, 0.5) is 5.13 Å². The summed E-state index contributed by atoms with van der Waals surface area (Å²) in [6.07, 6.45) is 0. The van der Waals surface area contributed by atoms with E-state index in [2.05, 4.69) is 21.6 Å². The zero-order chi connectivity index (χ0) is 19.1. The summed E-state index contributed by atoms with van der Waals surface area (Å²) in [5.41, 5.74) is 1.74. The molecule has 1 amide bonds. The van der Waals surface area contributed by atoms with Gasteiger partial charge >= 0.3 is 0 Å². The Labute approximate surface area is 174 Å². The van der Waals surface area contributed by atoms with Gasteiger partial charge in [-0.25, -0.2) is 0 Å². The topological polar surface area (TPSA) is 78.7 Å². The lowest BCUT2D eigenvalue weighted by Gasteiger charge is -2.02. The van der Waals surface area contributed by atoms with Gasteiger partial charge in [-0.05, 0) is 42.0 Å². The SMILES string of the molecule is N#Cc1ccc(CSc2nnc(NC(=O)CSc3ccc(Cl)cc3)s2)cc1. The number of nitrogens with one attached hydrogen (secondary N) is 1. The maximum atomic E-state index is 12.0. The van der Waals surface area contributed by atoms with Gasteiger partial charge < -0.3 is 0 Å². The molecule has 136 valence electrons. The monoisotopic (exact) mass is 432 g/mol. The lowest BCUT2D eigenvalue weighted by Crippen LogP contribution is -2.13. The van der Waals surface area contributed by atoms with Crippen molar-refractivity contribution < 1.29 is 4.79 Å². The molecule has 0 aliphatic rings. The first-order chi connectivity index (χ1) is 13.1. The minimum atomic E-state index is -0.130. The van der Waals surface area contributed by atoms with Crippen molar-refractivity contribution in [3.8, 4) is 6.07 Å². The Bertz CT molecular complexity index is 952. The second-order valence-corrected chi connectivity index (χ2v) is 8.95. The molecule has 0 saturated heterocycles. The fourth-order valence-corrected chi connectivity index (χ4v) is 4.52. The Morgan fingerprint density at radius 3 is 2.56 bits per heavy atom. The number of rotatable bonds is 7. The molecule has 0 radical (unpaired) electrons. The number of anilines is 1. The van der Waals surface area contributed by atoms with E-state index in [9.17, 15) is 4.79 Å². The third-order valence-electron chi connectivity index (χ3n) is 3.28. The molecule has 1 heterocycles. The van der Waals surface area contributed by atoms with Gasteiger partial charge in [0.2, 0.25) is 11.0 Å². The van der Waals surface area contributed by atoms with Gasteiger partial charge in [-0.3, -0.25) is 10.1 Å². The highest BCUT2D eigenvalue weighted by atomic mass is 35.5. The second kappa shape index (κ2) is 9.76. The van der Waals surface area contributed by atoms with Crippen molar-refractivity contribution in [2.24, 2.45) is 0 Å². The zero-order valence-electron chi connectivity index (χ0n) is 13.9. The van der Waals surface area contributed by atoms with Crippen molar-refractivity contribution in [2.45, 2.75) is 15.0 Å². The molecule has 0 aliphatic carbocycles. The molecule has 2 aromatic carbocycles. The molecule has 3 rings (SSSR count). The van der Waals surface area contributed by atoms with Crippen LogP contribution in [-0.2, 0) is 10.5 Å². The highest BCUT2D eigenvalue weighted by Gasteiger charge is 2.09. The minimum Gasteiger partial charge on any atom is -0.300 e. The van der Waals surface area contributed by atoms with Gasteiger partial charge in [-0.1, -0.05) is 46.8 Å². The number of aromatic nitrogens is 2. The number of amides is 1. The Morgan fingerprint density at radius 1 is 1.11 bits per heavy atom. The predicted molar refractivity (Wildman–Crippen MR) is 111 cm³/mol. The first-order valence-corrected chi connectivity index (χ1v) is 10.9. The van der Waals surface area contributed by atoms with E-state index in [-0.39, 0.29) is 11.7 Å². The summed E-state index contributed by atoms with van der Waals surface area (Å²) in [5.74, 6) is 0.880. The van der Waals surface area contributed by atoms with Crippen molar-refractivity contribution in [1.82, 2.24) is 10.2 Å². The first kappa shape index (κ1) is 19.7. The average Bonchev–Trinajstić information content (AvgIpc) is 3.13. The van der Waals surface area contributed by atoms with Crippen molar-refractivity contribution in [3.05, 3.63) is 64.7 Å². The van der Waals surface area contributed by atoms with Crippen LogP contribution < -0.4 is 5.32 Å². The average molecular weight is 433 g/mol. The normalized spacial score (nSPS) is 10.4. The number of nitrogens with zero attached hydrogens (tertiary/aromatic N) is 3. The molecule has 0 atom stereocenters. The molecular formula is C18H13ClN4OS3. The third kappa shape index (κ3) is 6.26. The fourth-order valence-electron chi connectivity index (χ4n) is 1.97. The summed E-state index contributed by atoms with van der Waals surface area (Å²) in [6, 6.07) is 16.9. The zero-order valence-corrected chi connectivity index (χ0v) is 17.1. The second-order valence-electron chi connectivity index (χ2n) is 5.26. The van der Waals surface area contributed by atoms with E-state index in [1.54, 1.807) is 24.3 Å². The van der Waals surface area contributed by atoms with Gasteiger partial charge in [0.05, 0.1) is 17.4 Å². The summed E-state index contributed by atoms with van der Waals surface area (Å²) in [7, 11) is 0. The molecule has 0 unspecified atom stereocenters. The number of carbonyl (C=O) groups excluding carboxylic acids is 1. The number of thioether (sulfide) groups is 2. The molecular weight excluding hydrogens is 420 g/mol. The highest BCUT2D eigenvalue weighted by molar-refractivity contribution is 8.00. The van der Waals surface area contributed by atoms with Crippen LogP contribution in [0.1, 0.15) is 11.1 Å². The molecule has 0 saturated carbocycles. The van der Waals surface area contributed by atoms with Crippen molar-refractivity contribution in [2.75, 3.05) is 11.1 Å². The van der Waals surface area contributed by atoms with Crippen LogP contribution in [0.2, 0.25) is 5.02 Å². The van der Waals surface area contributed by atoms with E-state index < -0.39 is 0 Å². The number of hydrogen-bond donors (Lipinski definition) is 1. The number of nitriles is 1. The van der Waals surface area contributed by atoms with Crippen LogP contribution in [0.15, 0.2) is 57.8 Å². The van der Waals surface area contributed by atoms with E-state index in [0.29, 0.717) is 15.7 Å². The van der Waals surface area contributed by atoms with Gasteiger partial charge in [-0.2, -0.15) is 5.26 Å². The van der Waals surface area contributed by atoms with Gasteiger partial charge in [-0.15, -0.1) is 22.0 Å². The molecule has 0 spiro atoms. The van der Waals surface area contributed by atoms with Gasteiger partial charge in [0.1, 0.15) is 0 Å². The van der Waals surface area contributed by atoms with Crippen LogP contribution in [-0.4, -0.2) is 21.9 Å². The fraction of sp³-hybridized carbons (Fsp3) is 0.111. The molecule has 0 fully saturated rings. The number of hydrogen-bond acceptors (Lipinski definition) is 7. The van der Waals surface area contributed by atoms with Crippen LogP contribution >= 0.6 is 46.5 Å². The summed E-state index contributed by atoms with van der Waals surface area (Å²) in [6.45, 7) is 0. The summed E-state index contributed by atoms with van der Waals surface area (Å²) >= 11 is 10.2. The lowest BCUT2D eigenvalue weighted by molar-refractivity contribution is -0.113. The Kier molecular flexibility index (Phi) is 7.12. The molecule has 1 aromatic heterocycles. The van der Waals surface area contributed by atoms with E-state index in [1.165, 1.54) is 34.9 Å². The molecule has 0 aliphatic heterocycles. The van der Waals surface area contributed by atoms with E-state index >= 15 is 0 Å². The first-order valence-electron chi connectivity index (χ1n) is 7.76. The highest BCUT2D eigenvalue weighted by Crippen LogP contribution is 2.28. The largest absolute Gasteiger partial charge is 0.300 e. The minimum absolute atomic E-state index is 0.130. The van der Waals surface area contributed by atoms with Crippen molar-refractivity contribution in [1.29, 1.82) is 5.26 Å². The van der Waals surface area contributed by atoms with E-state index in [0.717, 1.165) is 20.6 Å². The molecule has 1 N–H and O–H groups in total. The molecule has 3 aromatic rings. The quantitative estimate of drug-likeness (QED) is 0.414. The van der Waals surface area contributed by atoms with Crippen LogP contribution in [0.5, 0.6) is 0 Å². The Hall–Kier alpha value is -2.05. The summed E-state index contributed by atoms with van der Waals surface area (Å²) in [4.78, 5) is 13.0. The van der Waals surface area contributed by atoms with Crippen molar-refractivity contribution in [3.63, 3.8) is 0 Å². The predicted octanol–water partition coefficient (Wildman–Crippen LogP) is 5.09. The van der Waals surface area contributed by atoms with Crippen LogP contribution in [0.25, 0.3) is 0 Å². The van der Waals surface area contributed by atoms with E-state index in [1.807, 2.05) is 24.3 Å². The van der Waals surface area contributed by atoms with Gasteiger partial charge in [0.25, 0.3) is 0 Å². The maximum absolute atomic E-state index is 12.0. The van der Waals surface area contributed by atoms with Crippen LogP contribution in [0, 0.1) is 11.3 Å². The van der Waals surface area contributed by atoms with Gasteiger partial charge in [0.15, 0.2) is 4.34 Å². The number of halogens is 1. The molecule has 5 nitrogen and oxygen atoms in total. The lowest BCUT2D eigenvalue weighted by atomic mass is 10.2. The molecule has 0 bridgehead atoms. The summed E-state index contributed by atoms with van der Waals surface area (Å²) in [5, 5.41) is 20.8. The number of carbonyl (C=O) groups is 1. The van der Waals surface area contributed by atoms with Crippen LogP contribution in [0.3, 0.4) is 0 Å². The Balaban J connectivity index is 1.46. The van der Waals surface area contributed by atoms with E-state index in [4.69, 9.17) is 16.9 Å². The molecule has 27 heavy (non-hydrogen) atoms. The standard InChI is InChI=1S/C18H13ClN4OS3/c19-14-5-7-15(8-6-14)25-11-16(24)21-17-22-23-18(27-17)26-10-13-3-1-12(9-20)2-4-13/h1-8H,10-11H2,(H,21,22,24). The third-order valence-corrected chi connectivity index (χ3v) is 6.59. The van der Waals surface area contributed by atoms with Gasteiger partial charge in [0, 0.05) is 15.7 Å². The smallest absolute Gasteiger partial charge is 0.236 e. The Morgan fingerprint density at radius 2 is 1.85 bits per heavy atom.